The Balaban J connectivity index is 1.51. The van der Waals surface area contributed by atoms with Crippen molar-refractivity contribution in [1.29, 1.82) is 0 Å². The summed E-state index contributed by atoms with van der Waals surface area (Å²) in [6.45, 7) is 18.6. The van der Waals surface area contributed by atoms with E-state index < -0.39 is 108 Å². The molecule has 18 atom stereocenters. The van der Waals surface area contributed by atoms with Crippen LogP contribution in [0.15, 0.2) is 24.3 Å². The standard InChI is InChI=1S/C47H76FN3O14/c1-15-34-47(10)39(64-44(55)65-47)29(6)51(13)24-25(2)21-45(8,56)38(62-42-36(52)33(50(11)12)20-26(3)58-42)27(4)37(28(5)41(53)60-34)61-35-22-46(9,57-14)40(30(7)59-35)63-43(54)49-23-31-16-18-32(48)19-17-31/h16-19,25-30,33-40,42,52,56H,15,20-24H2,1-14H3,(H,49,54)/t25-,26-,27+,28-,29-,30+,33+,34-,35+,36-,37+,38-,39-,40+,42+,45-,46-,47-/m1/s1. The monoisotopic (exact) mass is 926 g/mol. The predicted molar refractivity (Wildman–Crippen MR) is 235 cm³/mol. The Morgan fingerprint density at radius 3 is 2.26 bits per heavy atom. The molecule has 0 radical (unpaired) electrons. The number of amides is 1. The summed E-state index contributed by atoms with van der Waals surface area (Å²) in [6, 6.07) is 5.03. The van der Waals surface area contributed by atoms with Gasteiger partial charge >= 0.3 is 18.2 Å². The van der Waals surface area contributed by atoms with Crippen LogP contribution < -0.4 is 5.32 Å². The molecule has 3 N–H and O–H groups in total. The van der Waals surface area contributed by atoms with Crippen LogP contribution in [0.2, 0.25) is 0 Å². The van der Waals surface area contributed by atoms with Crippen LogP contribution in [-0.4, -0.2) is 163 Å². The van der Waals surface area contributed by atoms with Gasteiger partial charge in [0.2, 0.25) is 0 Å². The quantitative estimate of drug-likeness (QED) is 0.206. The van der Waals surface area contributed by atoms with Crippen LogP contribution in [0.1, 0.15) is 100 Å². The highest BCUT2D eigenvalue weighted by molar-refractivity contribution is 5.73. The molecule has 4 aliphatic rings. The fraction of sp³-hybridized carbons (Fsp3) is 0.809. The number of aliphatic hydroxyl groups excluding tert-OH is 1. The van der Waals surface area contributed by atoms with Gasteiger partial charge in [0.1, 0.15) is 23.6 Å². The molecule has 1 amide bonds. The first-order valence-electron chi connectivity index (χ1n) is 23.1. The van der Waals surface area contributed by atoms with Crippen LogP contribution in [0.4, 0.5) is 14.0 Å². The molecule has 370 valence electrons. The van der Waals surface area contributed by atoms with Gasteiger partial charge in [0.25, 0.3) is 0 Å². The fourth-order valence-corrected chi connectivity index (χ4v) is 10.5. The number of ether oxygens (including phenoxy) is 9. The molecule has 0 aliphatic carbocycles. The molecule has 65 heavy (non-hydrogen) atoms. The van der Waals surface area contributed by atoms with Crippen LogP contribution in [-0.2, 0) is 54.0 Å². The van der Waals surface area contributed by atoms with Gasteiger partial charge in [-0.05, 0) is 112 Å². The first-order chi connectivity index (χ1) is 30.3. The lowest BCUT2D eigenvalue weighted by molar-refractivity contribution is -0.317. The second-order valence-electron chi connectivity index (χ2n) is 19.9. The Kier molecular flexibility index (Phi) is 17.4. The van der Waals surface area contributed by atoms with Crippen molar-refractivity contribution in [3.63, 3.8) is 0 Å². The van der Waals surface area contributed by atoms with Gasteiger partial charge in [-0.25, -0.2) is 14.0 Å². The zero-order valence-electron chi connectivity index (χ0n) is 40.8. The molecule has 4 heterocycles. The Hall–Kier alpha value is -3.20. The second-order valence-corrected chi connectivity index (χ2v) is 19.9. The van der Waals surface area contributed by atoms with E-state index in [-0.39, 0.29) is 49.9 Å². The summed E-state index contributed by atoms with van der Waals surface area (Å²) >= 11 is 0. The van der Waals surface area contributed by atoms with Gasteiger partial charge < -0.3 is 63.1 Å². The van der Waals surface area contributed by atoms with Crippen LogP contribution in [0.25, 0.3) is 0 Å². The third-order valence-corrected chi connectivity index (χ3v) is 14.2. The maximum absolute atomic E-state index is 14.7. The molecule has 5 rings (SSSR count). The molecule has 0 spiro atoms. The lowest BCUT2D eigenvalue weighted by Crippen LogP contribution is -2.61. The number of hydrogen-bond acceptors (Lipinski definition) is 16. The van der Waals surface area contributed by atoms with Crippen molar-refractivity contribution < 1.29 is 71.6 Å². The van der Waals surface area contributed by atoms with Crippen LogP contribution >= 0.6 is 0 Å². The largest absolute Gasteiger partial charge is 0.509 e. The summed E-state index contributed by atoms with van der Waals surface area (Å²) in [6.07, 6.45) is -9.76. The number of alkyl carbamates (subject to hydrolysis) is 1. The summed E-state index contributed by atoms with van der Waals surface area (Å²) < 4.78 is 69.9. The van der Waals surface area contributed by atoms with Gasteiger partial charge in [-0.1, -0.05) is 32.9 Å². The number of likely N-dealkylation sites (N-methyl/N-ethyl adjacent to an activating group) is 2. The van der Waals surface area contributed by atoms with E-state index in [1.807, 2.05) is 65.6 Å². The van der Waals surface area contributed by atoms with Crippen molar-refractivity contribution in [3.05, 3.63) is 35.6 Å². The van der Waals surface area contributed by atoms with Crippen molar-refractivity contribution in [1.82, 2.24) is 15.1 Å². The number of aliphatic hydroxyl groups is 2. The predicted octanol–water partition coefficient (Wildman–Crippen LogP) is 5.16. The summed E-state index contributed by atoms with van der Waals surface area (Å²) in [5.74, 6) is -3.11. The third-order valence-electron chi connectivity index (χ3n) is 14.2. The highest BCUT2D eigenvalue weighted by Gasteiger charge is 2.58. The molecule has 1 aromatic carbocycles. The van der Waals surface area contributed by atoms with E-state index in [2.05, 4.69) is 5.32 Å². The molecule has 17 nitrogen and oxygen atoms in total. The minimum absolute atomic E-state index is 0.0367. The molecule has 0 saturated carbocycles. The van der Waals surface area contributed by atoms with Crippen LogP contribution in [0.5, 0.6) is 0 Å². The molecular weight excluding hydrogens is 850 g/mol. The summed E-state index contributed by atoms with van der Waals surface area (Å²) in [5.41, 5.74) is -3.46. The Bertz CT molecular complexity index is 1760. The normalized spacial score (nSPS) is 42.5. The number of halogens is 1. The van der Waals surface area contributed by atoms with Gasteiger partial charge in [0, 0.05) is 44.6 Å². The zero-order valence-corrected chi connectivity index (χ0v) is 40.8. The molecule has 1 aromatic rings. The van der Waals surface area contributed by atoms with Gasteiger partial charge in [-0.3, -0.25) is 9.69 Å². The number of carbonyl (C=O) groups is 3. The molecule has 4 fully saturated rings. The number of cyclic esters (lactones) is 1. The molecule has 4 saturated heterocycles. The van der Waals surface area contributed by atoms with Crippen molar-refractivity contribution in [2.75, 3.05) is 34.8 Å². The second kappa shape index (κ2) is 21.4. The average molecular weight is 926 g/mol. The number of rotatable bonds is 10. The number of fused-ring (bicyclic) bond motifs is 1. The molecule has 18 heteroatoms. The topological polar surface area (TPSA) is 193 Å². The minimum Gasteiger partial charge on any atom is -0.458 e. The van der Waals surface area contributed by atoms with Crippen molar-refractivity contribution in [3.8, 4) is 0 Å². The number of benzene rings is 1. The maximum Gasteiger partial charge on any atom is 0.509 e. The first-order valence-corrected chi connectivity index (χ1v) is 23.1. The van der Waals surface area contributed by atoms with Gasteiger partial charge in [0.15, 0.2) is 30.4 Å². The van der Waals surface area contributed by atoms with E-state index in [0.29, 0.717) is 18.5 Å². The van der Waals surface area contributed by atoms with E-state index in [4.69, 9.17) is 42.6 Å². The number of hydrogen-bond donors (Lipinski definition) is 3. The molecule has 0 aromatic heterocycles. The highest BCUT2D eigenvalue weighted by Crippen LogP contribution is 2.42. The van der Waals surface area contributed by atoms with Crippen LogP contribution in [0, 0.1) is 23.6 Å². The number of methoxy groups -OCH3 is 1. The van der Waals surface area contributed by atoms with Gasteiger partial charge in [-0.15, -0.1) is 0 Å². The highest BCUT2D eigenvalue weighted by atomic mass is 19.1. The summed E-state index contributed by atoms with van der Waals surface area (Å²) in [4.78, 5) is 44.6. The Morgan fingerprint density at radius 2 is 1.65 bits per heavy atom. The molecular formula is C47H76FN3O14. The van der Waals surface area contributed by atoms with E-state index in [1.54, 1.807) is 46.8 Å². The minimum atomic E-state index is -1.61. The molecule has 0 unspecified atom stereocenters. The van der Waals surface area contributed by atoms with Gasteiger partial charge in [-0.2, -0.15) is 0 Å². The number of esters is 1. The molecule has 4 aliphatic heterocycles. The SMILES string of the molecule is CC[C@H]1OC(=O)[C@H](C)[C@@H](O[C@H]2C[C@@](C)(OC)[C@@H](OC(=O)NCc3ccc(F)cc3)[C@H](C)O2)[C@H](C)[C@@H](O[C@@H]2O[C@H](C)C[C@H](N(C)C)[C@H]2O)[C@](C)(O)C[C@@H](C)CN(C)[C@H](C)[C@H]2OC(=O)O[C@@]21C. The summed E-state index contributed by atoms with van der Waals surface area (Å²) in [5, 5.41) is 27.2. The van der Waals surface area contributed by atoms with E-state index in [0.717, 1.165) is 0 Å². The Labute approximate surface area is 384 Å². The van der Waals surface area contributed by atoms with Crippen molar-refractivity contribution in [2.24, 2.45) is 17.8 Å². The Morgan fingerprint density at radius 1 is 0.985 bits per heavy atom. The van der Waals surface area contributed by atoms with Crippen molar-refractivity contribution >= 4 is 18.2 Å². The maximum atomic E-state index is 14.7. The smallest absolute Gasteiger partial charge is 0.458 e. The third kappa shape index (κ3) is 12.1. The molecule has 0 bridgehead atoms. The lowest BCUT2D eigenvalue weighted by atomic mass is 9.77. The van der Waals surface area contributed by atoms with E-state index in [1.165, 1.54) is 19.2 Å². The van der Waals surface area contributed by atoms with Gasteiger partial charge in [0.05, 0.1) is 35.9 Å². The van der Waals surface area contributed by atoms with E-state index in [9.17, 15) is 29.0 Å². The van der Waals surface area contributed by atoms with E-state index >= 15 is 0 Å². The lowest BCUT2D eigenvalue weighted by Gasteiger charge is -2.49. The first kappa shape index (κ1) is 52.8. The zero-order chi connectivity index (χ0) is 48.3. The van der Waals surface area contributed by atoms with Crippen LogP contribution in [0.3, 0.4) is 0 Å². The number of carbonyl (C=O) groups excluding carboxylic acids is 3. The average Bonchev–Trinajstić information content (AvgIpc) is 3.55. The number of nitrogens with zero attached hydrogens (tertiary/aromatic N) is 2. The number of nitrogens with one attached hydrogen (secondary N) is 1. The fourth-order valence-electron chi connectivity index (χ4n) is 10.5. The van der Waals surface area contributed by atoms with Crippen molar-refractivity contribution in [2.45, 2.75) is 192 Å². The summed E-state index contributed by atoms with van der Waals surface area (Å²) in [7, 11) is 7.15.